The van der Waals surface area contributed by atoms with E-state index in [0.717, 1.165) is 64.2 Å². The van der Waals surface area contributed by atoms with Crippen molar-refractivity contribution in [3.05, 3.63) is 0 Å². The van der Waals surface area contributed by atoms with E-state index in [1.165, 1.54) is 0 Å². The maximum absolute atomic E-state index is 5.50. The maximum Gasteiger partial charge on any atom is 0.245 e. The van der Waals surface area contributed by atoms with Crippen LogP contribution >= 0.6 is 0 Å². The highest BCUT2D eigenvalue weighted by Crippen LogP contribution is 2.46. The van der Waals surface area contributed by atoms with Crippen LogP contribution in [0.5, 0.6) is 0 Å². The molecule has 2 saturated carbocycles. The Kier molecular flexibility index (Phi) is 11.5. The molecule has 176 valence electrons. The van der Waals surface area contributed by atoms with Crippen molar-refractivity contribution in [2.75, 3.05) is 6.79 Å². The average molecular weight is 448 g/mol. The maximum atomic E-state index is 5.50. The largest absolute Gasteiger partial charge is 0.245 e. The molecule has 0 unspecified atom stereocenters. The molecule has 1 aliphatic heterocycles. The first kappa shape index (κ1) is 24.0. The van der Waals surface area contributed by atoms with Crippen LogP contribution < -0.4 is 0 Å². The van der Waals surface area contributed by atoms with Crippen LogP contribution in [0.2, 0.25) is 0 Å². The fraction of sp³-hybridized carbons (Fsp3) is 1.00. The van der Waals surface area contributed by atoms with Gasteiger partial charge in [0.1, 0.15) is 0 Å². The van der Waals surface area contributed by atoms with Crippen LogP contribution in [0.25, 0.3) is 0 Å². The van der Waals surface area contributed by atoms with Crippen LogP contribution in [0.1, 0.15) is 64.2 Å². The summed E-state index contributed by atoms with van der Waals surface area (Å²) in [6, 6.07) is 0. The van der Waals surface area contributed by atoms with Crippen molar-refractivity contribution in [3.63, 3.8) is 0 Å². The highest BCUT2D eigenvalue weighted by atomic mass is 17.9. The van der Waals surface area contributed by atoms with Crippen LogP contribution in [-0.2, 0) is 80.0 Å². The third kappa shape index (κ3) is 7.80. The van der Waals surface area contributed by atoms with Crippen molar-refractivity contribution in [1.29, 1.82) is 0 Å². The van der Waals surface area contributed by atoms with Crippen molar-refractivity contribution >= 4 is 0 Å². The highest BCUT2D eigenvalue weighted by Gasteiger charge is 2.52. The molecule has 16 nitrogen and oxygen atoms in total. The number of rotatable bonds is 2. The Morgan fingerprint density at radius 3 is 1.20 bits per heavy atom. The summed E-state index contributed by atoms with van der Waals surface area (Å²) in [6.07, 6.45) is 9.26. The Morgan fingerprint density at radius 1 is 0.400 bits per heavy atom. The monoisotopic (exact) mass is 448 g/mol. The zero-order valence-electron chi connectivity index (χ0n) is 16.0. The predicted octanol–water partition coefficient (Wildman–Crippen LogP) is 2.89. The minimum Gasteiger partial charge on any atom is -0.172 e. The van der Waals surface area contributed by atoms with E-state index in [2.05, 4.69) is 70.2 Å². The smallest absolute Gasteiger partial charge is 0.172 e. The highest BCUT2D eigenvalue weighted by molar-refractivity contribution is 4.88. The van der Waals surface area contributed by atoms with Crippen LogP contribution in [0.15, 0.2) is 0 Å². The molecule has 0 amide bonds. The predicted molar refractivity (Wildman–Crippen MR) is 78.1 cm³/mol. The lowest BCUT2D eigenvalue weighted by Gasteiger charge is -2.43. The van der Waals surface area contributed by atoms with E-state index in [-0.39, 0.29) is 11.8 Å². The van der Waals surface area contributed by atoms with Gasteiger partial charge < -0.3 is 0 Å². The van der Waals surface area contributed by atoms with Gasteiger partial charge in [0.25, 0.3) is 0 Å². The first-order valence-electron chi connectivity index (χ1n) is 9.53. The van der Waals surface area contributed by atoms with Gasteiger partial charge in [-0.3, -0.25) is 0 Å². The first-order valence-corrected chi connectivity index (χ1v) is 9.53. The fourth-order valence-electron chi connectivity index (χ4n) is 3.95. The van der Waals surface area contributed by atoms with Gasteiger partial charge in [-0.2, -0.15) is 19.6 Å². The van der Waals surface area contributed by atoms with Gasteiger partial charge >= 0.3 is 0 Å². The van der Waals surface area contributed by atoms with Crippen LogP contribution in [0.3, 0.4) is 0 Å². The second-order valence-electron chi connectivity index (χ2n) is 6.73. The van der Waals surface area contributed by atoms with E-state index in [1.807, 2.05) is 0 Å². The molecule has 3 aliphatic rings. The fourth-order valence-corrected chi connectivity index (χ4v) is 3.95. The van der Waals surface area contributed by atoms with Gasteiger partial charge in [-0.25, -0.2) is 0 Å². The molecule has 3 rings (SSSR count). The lowest BCUT2D eigenvalue weighted by molar-refractivity contribution is -0.848. The summed E-state index contributed by atoms with van der Waals surface area (Å²) >= 11 is 0. The molecule has 0 N–H and O–H groups in total. The Labute approximate surface area is 169 Å². The van der Waals surface area contributed by atoms with Gasteiger partial charge in [0.05, 0.1) is 0 Å². The van der Waals surface area contributed by atoms with Crippen LogP contribution in [0.4, 0.5) is 0 Å². The van der Waals surface area contributed by atoms with Crippen molar-refractivity contribution < 1.29 is 80.0 Å². The molecule has 2 aliphatic carbocycles. The number of hydrogen-bond acceptors (Lipinski definition) is 16. The molecular formula is C14H24O16. The molecule has 0 aromatic rings. The van der Waals surface area contributed by atoms with Gasteiger partial charge in [0.15, 0.2) is 0 Å². The summed E-state index contributed by atoms with van der Waals surface area (Å²) in [5.41, 5.74) is 0. The first-order chi connectivity index (χ1) is 14.9. The van der Waals surface area contributed by atoms with E-state index in [4.69, 9.17) is 9.78 Å². The summed E-state index contributed by atoms with van der Waals surface area (Å²) in [4.78, 5) is 19.4. The van der Waals surface area contributed by atoms with E-state index < -0.39 is 12.6 Å². The lowest BCUT2D eigenvalue weighted by Crippen LogP contribution is -2.51. The summed E-state index contributed by atoms with van der Waals surface area (Å²) in [7, 11) is 0. The minimum absolute atomic E-state index is 0.116. The van der Waals surface area contributed by atoms with Crippen molar-refractivity contribution in [3.8, 4) is 0 Å². The van der Waals surface area contributed by atoms with E-state index in [9.17, 15) is 0 Å². The zero-order chi connectivity index (χ0) is 20.7. The van der Waals surface area contributed by atoms with Crippen LogP contribution in [-0.4, -0.2) is 12.6 Å². The molecule has 0 bridgehead atoms. The second-order valence-corrected chi connectivity index (χ2v) is 6.73. The molecule has 1 heterocycles. The molecule has 0 atom stereocenters. The molecule has 1 saturated heterocycles. The third-order valence-electron chi connectivity index (χ3n) is 5.15. The number of hydrogen-bond donors (Lipinski definition) is 0. The SMILES string of the molecule is C1CCC(C2(C3CCCCC3)OOOOOOOOCOOOOOOOO2)CC1. The molecule has 0 radical (unpaired) electrons. The van der Waals surface area contributed by atoms with Gasteiger partial charge in [0.2, 0.25) is 12.6 Å². The van der Waals surface area contributed by atoms with Crippen molar-refractivity contribution in [2.24, 2.45) is 11.8 Å². The molecule has 0 aromatic carbocycles. The van der Waals surface area contributed by atoms with E-state index in [1.54, 1.807) is 0 Å². The molecule has 0 aromatic heterocycles. The molecule has 30 heavy (non-hydrogen) atoms. The quantitative estimate of drug-likeness (QED) is 0.569. The molecule has 16 heteroatoms. The zero-order valence-corrected chi connectivity index (χ0v) is 16.0. The molecule has 3 fully saturated rings. The van der Waals surface area contributed by atoms with Crippen molar-refractivity contribution in [2.45, 2.75) is 70.0 Å². The lowest BCUT2D eigenvalue weighted by atomic mass is 9.73. The van der Waals surface area contributed by atoms with E-state index in [0.29, 0.717) is 0 Å². The van der Waals surface area contributed by atoms with Crippen LogP contribution in [0, 0.1) is 11.8 Å². The Balaban J connectivity index is 1.63. The summed E-state index contributed by atoms with van der Waals surface area (Å²) < 4.78 is 0. The summed E-state index contributed by atoms with van der Waals surface area (Å²) in [6.45, 7) is -0.654. The standard InChI is InChI=1S/C14H24O16/c1-3-7-12(8-4-1)14(13-9-5-2-6-10-13)17-21-25-29-27-23-19-15-11-16-20-24-28-30-26-22-18-14/h12-13H,1-11H2. The summed E-state index contributed by atoms with van der Waals surface area (Å²) in [5.74, 6) is -1.65. The van der Waals surface area contributed by atoms with Gasteiger partial charge in [-0.1, -0.05) is 38.5 Å². The summed E-state index contributed by atoms with van der Waals surface area (Å²) in [5, 5.41) is 50.0. The van der Waals surface area contributed by atoms with E-state index >= 15 is 0 Å². The Morgan fingerprint density at radius 2 is 0.767 bits per heavy atom. The Bertz CT molecular complexity index is 390. The Hall–Kier alpha value is -0.640. The normalized spacial score (nSPS) is 28.4. The van der Waals surface area contributed by atoms with Gasteiger partial charge in [-0.15, -0.1) is 0 Å². The average Bonchev–Trinajstić information content (AvgIpc) is 2.80. The topological polar surface area (TPSA) is 148 Å². The van der Waals surface area contributed by atoms with Gasteiger partial charge in [0, 0.05) is 11.8 Å². The minimum atomic E-state index is -1.42. The third-order valence-corrected chi connectivity index (χ3v) is 5.15. The van der Waals surface area contributed by atoms with Gasteiger partial charge in [-0.05, 0) is 86.1 Å². The molecule has 0 spiro atoms. The van der Waals surface area contributed by atoms with Crippen molar-refractivity contribution in [1.82, 2.24) is 0 Å². The second kappa shape index (κ2) is 14.4. The molecular weight excluding hydrogens is 424 g/mol.